The summed E-state index contributed by atoms with van der Waals surface area (Å²) >= 11 is 0. The molecule has 4 nitrogen and oxygen atoms in total. The Labute approximate surface area is 107 Å². The van der Waals surface area contributed by atoms with E-state index in [-0.39, 0.29) is 5.91 Å². The number of rotatable bonds is 3. The number of nitrogens with one attached hydrogen (secondary N) is 2. The molecule has 1 aromatic carbocycles. The number of benzene rings is 1. The van der Waals surface area contributed by atoms with Gasteiger partial charge in [-0.15, -0.1) is 0 Å². The van der Waals surface area contributed by atoms with Crippen LogP contribution in [0.5, 0.6) is 0 Å². The molecule has 0 unspecified atom stereocenters. The van der Waals surface area contributed by atoms with Crippen LogP contribution < -0.4 is 10.6 Å². The fourth-order valence-electron chi connectivity index (χ4n) is 2.58. The first kappa shape index (κ1) is 11.5. The molecule has 1 heterocycles. The lowest BCUT2D eigenvalue weighted by Gasteiger charge is -2.35. The van der Waals surface area contributed by atoms with E-state index < -0.39 is 0 Å². The summed E-state index contributed by atoms with van der Waals surface area (Å²) in [5, 5.41) is 6.41. The molecule has 96 valence electrons. The SMILES string of the molecule is COC1CC(Nc2ccc3c(c2)CCC(=O)N3)C1. The Morgan fingerprint density at radius 2 is 2.17 bits per heavy atom. The standard InChI is InChI=1S/C14H18N2O2/c1-18-12-7-11(8-12)15-10-3-4-13-9(6-10)2-5-14(17)16-13/h3-4,6,11-12,15H,2,5,7-8H2,1H3,(H,16,17). The van der Waals surface area contributed by atoms with E-state index in [0.717, 1.165) is 30.6 Å². The van der Waals surface area contributed by atoms with Gasteiger partial charge in [-0.2, -0.15) is 0 Å². The highest BCUT2D eigenvalue weighted by atomic mass is 16.5. The molecule has 1 aromatic rings. The third-order valence-electron chi connectivity index (χ3n) is 3.80. The van der Waals surface area contributed by atoms with Gasteiger partial charge in [0, 0.05) is 30.9 Å². The molecule has 0 bridgehead atoms. The summed E-state index contributed by atoms with van der Waals surface area (Å²) in [5.41, 5.74) is 3.33. The zero-order valence-corrected chi connectivity index (χ0v) is 10.5. The van der Waals surface area contributed by atoms with Gasteiger partial charge in [-0.3, -0.25) is 4.79 Å². The Bertz CT molecular complexity index is 467. The van der Waals surface area contributed by atoms with E-state index in [2.05, 4.69) is 16.7 Å². The van der Waals surface area contributed by atoms with Crippen LogP contribution in [0.1, 0.15) is 24.8 Å². The van der Waals surface area contributed by atoms with Crippen molar-refractivity contribution >= 4 is 17.3 Å². The number of methoxy groups -OCH3 is 1. The Balaban J connectivity index is 1.66. The second-order valence-electron chi connectivity index (χ2n) is 5.09. The van der Waals surface area contributed by atoms with Gasteiger partial charge in [0.05, 0.1) is 6.10 Å². The number of fused-ring (bicyclic) bond motifs is 1. The maximum atomic E-state index is 11.3. The van der Waals surface area contributed by atoms with Crippen LogP contribution in [0.15, 0.2) is 18.2 Å². The molecule has 2 aliphatic rings. The van der Waals surface area contributed by atoms with E-state index >= 15 is 0 Å². The molecule has 1 saturated carbocycles. The zero-order chi connectivity index (χ0) is 12.5. The third kappa shape index (κ3) is 2.20. The molecule has 0 spiro atoms. The van der Waals surface area contributed by atoms with E-state index in [1.54, 1.807) is 7.11 Å². The van der Waals surface area contributed by atoms with Crippen molar-refractivity contribution in [1.29, 1.82) is 0 Å². The molecule has 0 atom stereocenters. The molecule has 1 fully saturated rings. The highest BCUT2D eigenvalue weighted by Gasteiger charge is 2.28. The Morgan fingerprint density at radius 3 is 2.94 bits per heavy atom. The van der Waals surface area contributed by atoms with Crippen LogP contribution in [0.25, 0.3) is 0 Å². The van der Waals surface area contributed by atoms with Gasteiger partial charge in [-0.05, 0) is 43.0 Å². The number of aryl methyl sites for hydroxylation is 1. The molecule has 0 radical (unpaired) electrons. The minimum Gasteiger partial charge on any atom is -0.382 e. The van der Waals surface area contributed by atoms with E-state index in [0.29, 0.717) is 18.6 Å². The molecule has 2 N–H and O–H groups in total. The Kier molecular flexibility index (Phi) is 2.96. The maximum absolute atomic E-state index is 11.3. The van der Waals surface area contributed by atoms with Crippen molar-refractivity contribution in [2.75, 3.05) is 17.7 Å². The molecule has 0 saturated heterocycles. The number of carbonyl (C=O) groups excluding carboxylic acids is 1. The molecule has 1 amide bonds. The van der Waals surface area contributed by atoms with Crippen LogP contribution in [-0.4, -0.2) is 25.2 Å². The average Bonchev–Trinajstić information content (AvgIpc) is 2.33. The lowest BCUT2D eigenvalue weighted by molar-refractivity contribution is -0.116. The van der Waals surface area contributed by atoms with Crippen LogP contribution >= 0.6 is 0 Å². The van der Waals surface area contributed by atoms with Crippen LogP contribution in [0.4, 0.5) is 11.4 Å². The van der Waals surface area contributed by atoms with Crippen LogP contribution in [-0.2, 0) is 16.0 Å². The van der Waals surface area contributed by atoms with Gasteiger partial charge in [0.25, 0.3) is 0 Å². The third-order valence-corrected chi connectivity index (χ3v) is 3.80. The molecule has 1 aliphatic heterocycles. The van der Waals surface area contributed by atoms with Crippen LogP contribution in [0.2, 0.25) is 0 Å². The summed E-state index contributed by atoms with van der Waals surface area (Å²) in [6.07, 6.45) is 3.99. The minimum atomic E-state index is 0.116. The zero-order valence-electron chi connectivity index (χ0n) is 10.5. The second-order valence-corrected chi connectivity index (χ2v) is 5.09. The number of carbonyl (C=O) groups is 1. The first-order valence-electron chi connectivity index (χ1n) is 6.46. The summed E-state index contributed by atoms with van der Waals surface area (Å²) in [6, 6.07) is 6.69. The van der Waals surface area contributed by atoms with Gasteiger partial charge in [0.1, 0.15) is 0 Å². The van der Waals surface area contributed by atoms with Crippen molar-refractivity contribution in [1.82, 2.24) is 0 Å². The molecular formula is C14H18N2O2. The maximum Gasteiger partial charge on any atom is 0.224 e. The summed E-state index contributed by atoms with van der Waals surface area (Å²) in [5.74, 6) is 0.116. The Morgan fingerprint density at radius 1 is 1.33 bits per heavy atom. The fourth-order valence-corrected chi connectivity index (χ4v) is 2.58. The first-order chi connectivity index (χ1) is 8.74. The normalized spacial score (nSPS) is 25.9. The quantitative estimate of drug-likeness (QED) is 0.859. The summed E-state index contributed by atoms with van der Waals surface area (Å²) in [7, 11) is 1.77. The predicted molar refractivity (Wildman–Crippen MR) is 70.8 cm³/mol. The van der Waals surface area contributed by atoms with Crippen molar-refractivity contribution < 1.29 is 9.53 Å². The molecule has 4 heteroatoms. The van der Waals surface area contributed by atoms with E-state index in [1.165, 1.54) is 5.56 Å². The molecule has 1 aliphatic carbocycles. The summed E-state index contributed by atoms with van der Waals surface area (Å²) in [4.78, 5) is 11.3. The van der Waals surface area contributed by atoms with Gasteiger partial charge in [-0.25, -0.2) is 0 Å². The predicted octanol–water partition coefficient (Wildman–Crippen LogP) is 2.16. The minimum absolute atomic E-state index is 0.116. The topological polar surface area (TPSA) is 50.4 Å². The first-order valence-corrected chi connectivity index (χ1v) is 6.46. The van der Waals surface area contributed by atoms with Crippen molar-refractivity contribution in [3.63, 3.8) is 0 Å². The van der Waals surface area contributed by atoms with E-state index in [1.807, 2.05) is 12.1 Å². The molecule has 0 aromatic heterocycles. The highest BCUT2D eigenvalue weighted by Crippen LogP contribution is 2.29. The van der Waals surface area contributed by atoms with Gasteiger partial charge in [-0.1, -0.05) is 0 Å². The average molecular weight is 246 g/mol. The van der Waals surface area contributed by atoms with Crippen molar-refractivity contribution in [3.8, 4) is 0 Å². The van der Waals surface area contributed by atoms with Gasteiger partial charge in [0.15, 0.2) is 0 Å². The monoisotopic (exact) mass is 246 g/mol. The number of anilines is 2. The number of hydrogen-bond donors (Lipinski definition) is 2. The second kappa shape index (κ2) is 4.61. The van der Waals surface area contributed by atoms with Crippen molar-refractivity contribution in [2.45, 2.75) is 37.8 Å². The van der Waals surface area contributed by atoms with Gasteiger partial charge in [0.2, 0.25) is 5.91 Å². The van der Waals surface area contributed by atoms with Crippen LogP contribution in [0, 0.1) is 0 Å². The Hall–Kier alpha value is -1.55. The number of ether oxygens (including phenoxy) is 1. The van der Waals surface area contributed by atoms with Gasteiger partial charge >= 0.3 is 0 Å². The fraction of sp³-hybridized carbons (Fsp3) is 0.500. The van der Waals surface area contributed by atoms with Crippen molar-refractivity contribution in [3.05, 3.63) is 23.8 Å². The van der Waals surface area contributed by atoms with Gasteiger partial charge < -0.3 is 15.4 Å². The number of amides is 1. The molecule has 18 heavy (non-hydrogen) atoms. The van der Waals surface area contributed by atoms with E-state index in [9.17, 15) is 4.79 Å². The van der Waals surface area contributed by atoms with Crippen molar-refractivity contribution in [2.24, 2.45) is 0 Å². The highest BCUT2D eigenvalue weighted by molar-refractivity contribution is 5.94. The summed E-state index contributed by atoms with van der Waals surface area (Å²) < 4.78 is 5.27. The summed E-state index contributed by atoms with van der Waals surface area (Å²) in [6.45, 7) is 0. The molecule has 3 rings (SSSR count). The number of hydrogen-bond acceptors (Lipinski definition) is 3. The lowest BCUT2D eigenvalue weighted by Crippen LogP contribution is -2.40. The van der Waals surface area contributed by atoms with E-state index in [4.69, 9.17) is 4.74 Å². The molecular weight excluding hydrogens is 228 g/mol. The van der Waals surface area contributed by atoms with Crippen LogP contribution in [0.3, 0.4) is 0 Å². The smallest absolute Gasteiger partial charge is 0.224 e. The lowest BCUT2D eigenvalue weighted by atomic mass is 9.89. The largest absolute Gasteiger partial charge is 0.382 e.